The zero-order valence-corrected chi connectivity index (χ0v) is 21.8. The molecule has 2 N–H and O–H groups in total. The van der Waals surface area contributed by atoms with Crippen LogP contribution in [0, 0.1) is 6.92 Å². The van der Waals surface area contributed by atoms with E-state index in [0.29, 0.717) is 31.7 Å². The topological polar surface area (TPSA) is 110 Å². The van der Waals surface area contributed by atoms with Crippen LogP contribution in [0.25, 0.3) is 0 Å². The van der Waals surface area contributed by atoms with Gasteiger partial charge in [0.15, 0.2) is 11.9 Å². The van der Waals surface area contributed by atoms with E-state index in [4.69, 9.17) is 9.47 Å². The summed E-state index contributed by atoms with van der Waals surface area (Å²) in [5, 5.41) is 16.7. The number of nitrogens with zero attached hydrogens (tertiary/aromatic N) is 4. The average Bonchev–Trinajstić information content (AvgIpc) is 3.47. The normalized spacial score (nSPS) is 19.8. The summed E-state index contributed by atoms with van der Waals surface area (Å²) in [4.78, 5) is 24.4. The molecule has 1 saturated heterocycles. The fraction of sp³-hybridized carbons (Fsp3) is 0.407. The average molecular weight is 511 g/mol. The molecule has 2 unspecified atom stereocenters. The molecule has 1 aliphatic heterocycles. The van der Waals surface area contributed by atoms with Crippen LogP contribution in [-0.2, 0) is 25.6 Å². The number of aryl methyl sites for hydroxylation is 1. The number of allylic oxidation sites excluding steroid dienone is 4. The molecular formula is C27H36N5O5+. The Hall–Kier alpha value is -3.76. The third kappa shape index (κ3) is 7.86. The minimum Gasteiger partial charge on any atom is -0.355 e. The number of aromatic nitrogens is 3. The lowest BCUT2D eigenvalue weighted by Gasteiger charge is -2.23. The molecule has 0 radical (unpaired) electrons. The predicted octanol–water partition coefficient (Wildman–Crippen LogP) is 2.24. The number of rotatable bonds is 8. The highest BCUT2D eigenvalue weighted by Crippen LogP contribution is 2.24. The van der Waals surface area contributed by atoms with Crippen LogP contribution in [0.2, 0.25) is 0 Å². The lowest BCUT2D eigenvalue weighted by atomic mass is 10.2. The highest BCUT2D eigenvalue weighted by atomic mass is 16.7. The SMILES string of the molecule is CCN(Cc1c(C)ccc[n+]1O)C(=O)C1COC(C)(C)O1.O=CNCC1=CC=CC(n2cccn2)C=C1. The standard InChI is InChI=1S/C15H23N2O4.C12H13N3O/c1-5-16(9-12-11(2)7-6-8-17(12)19)14(18)13-10-20-15(3,4)21-13;16-10-13-9-11-3-1-4-12(6-5-11)15-8-2-7-14-15/h6-8,13,19H,5,9-10H2,1-4H3;1-8,10,12H,9H2,(H,13,16)/q+1;. The highest BCUT2D eigenvalue weighted by Gasteiger charge is 2.39. The molecule has 1 aliphatic carbocycles. The van der Waals surface area contributed by atoms with Crippen LogP contribution in [0.1, 0.15) is 38.1 Å². The summed E-state index contributed by atoms with van der Waals surface area (Å²) in [6, 6.07) is 5.70. The lowest BCUT2D eigenvalue weighted by Crippen LogP contribution is -2.45. The van der Waals surface area contributed by atoms with Crippen molar-refractivity contribution in [3.05, 3.63) is 84.0 Å². The monoisotopic (exact) mass is 510 g/mol. The first-order chi connectivity index (χ1) is 17.7. The Morgan fingerprint density at radius 2 is 2.19 bits per heavy atom. The van der Waals surface area contributed by atoms with Crippen molar-refractivity contribution in [2.45, 2.75) is 52.2 Å². The first-order valence-corrected chi connectivity index (χ1v) is 12.3. The quantitative estimate of drug-likeness (QED) is 0.320. The van der Waals surface area contributed by atoms with Crippen LogP contribution in [0.15, 0.2) is 72.7 Å². The number of likely N-dealkylation sites (N-methyl/N-ethyl adjacent to an activating group) is 1. The van der Waals surface area contributed by atoms with Crippen molar-refractivity contribution in [2.75, 3.05) is 19.7 Å². The molecule has 2 amide bonds. The fourth-order valence-electron chi connectivity index (χ4n) is 3.92. The molecule has 2 aliphatic rings. The lowest BCUT2D eigenvalue weighted by molar-refractivity contribution is -0.910. The van der Waals surface area contributed by atoms with E-state index >= 15 is 0 Å². The van der Waals surface area contributed by atoms with Crippen molar-refractivity contribution in [2.24, 2.45) is 0 Å². The van der Waals surface area contributed by atoms with E-state index in [1.807, 2.05) is 55.1 Å². The molecule has 4 rings (SSSR count). The largest absolute Gasteiger partial charge is 0.355 e. The van der Waals surface area contributed by atoms with Gasteiger partial charge in [0.2, 0.25) is 12.6 Å². The number of carbonyl (C=O) groups is 2. The maximum atomic E-state index is 12.5. The van der Waals surface area contributed by atoms with Gasteiger partial charge in [-0.1, -0.05) is 30.4 Å². The van der Waals surface area contributed by atoms with Crippen LogP contribution >= 0.6 is 0 Å². The minimum atomic E-state index is -0.723. The van der Waals surface area contributed by atoms with Crippen molar-refractivity contribution >= 4 is 12.3 Å². The number of amides is 2. The molecule has 0 saturated carbocycles. The Balaban J connectivity index is 0.000000213. The molecule has 2 aromatic heterocycles. The van der Waals surface area contributed by atoms with Gasteiger partial charge in [0.05, 0.1) is 12.6 Å². The second kappa shape index (κ2) is 13.0. The Bertz CT molecular complexity index is 1120. The fourth-order valence-corrected chi connectivity index (χ4v) is 3.92. The van der Waals surface area contributed by atoms with Crippen molar-refractivity contribution in [1.82, 2.24) is 20.0 Å². The van der Waals surface area contributed by atoms with E-state index in [9.17, 15) is 14.8 Å². The third-order valence-electron chi connectivity index (χ3n) is 5.97. The summed E-state index contributed by atoms with van der Waals surface area (Å²) in [7, 11) is 0. The predicted molar refractivity (Wildman–Crippen MR) is 136 cm³/mol. The maximum Gasteiger partial charge on any atom is 0.256 e. The zero-order valence-electron chi connectivity index (χ0n) is 21.8. The van der Waals surface area contributed by atoms with E-state index < -0.39 is 11.9 Å². The molecule has 3 heterocycles. The van der Waals surface area contributed by atoms with Gasteiger partial charge in [-0.2, -0.15) is 5.10 Å². The van der Waals surface area contributed by atoms with Crippen molar-refractivity contribution in [1.29, 1.82) is 0 Å². The molecule has 198 valence electrons. The number of hydrogen-bond donors (Lipinski definition) is 2. The van der Waals surface area contributed by atoms with Gasteiger partial charge < -0.3 is 19.7 Å². The molecule has 0 bridgehead atoms. The summed E-state index contributed by atoms with van der Waals surface area (Å²) in [6.45, 7) is 9.06. The van der Waals surface area contributed by atoms with Gasteiger partial charge in [0, 0.05) is 41.8 Å². The zero-order chi connectivity index (χ0) is 26.8. The molecule has 2 atom stereocenters. The van der Waals surface area contributed by atoms with Gasteiger partial charge in [0.25, 0.3) is 11.6 Å². The highest BCUT2D eigenvalue weighted by molar-refractivity contribution is 5.81. The summed E-state index contributed by atoms with van der Waals surface area (Å²) < 4.78 is 14.0. The van der Waals surface area contributed by atoms with Crippen LogP contribution in [-0.4, -0.2) is 63.8 Å². The molecule has 37 heavy (non-hydrogen) atoms. The summed E-state index contributed by atoms with van der Waals surface area (Å²) in [6.07, 6.45) is 15.4. The van der Waals surface area contributed by atoms with Gasteiger partial charge in [-0.3, -0.25) is 19.5 Å². The molecule has 10 heteroatoms. The number of ether oxygens (including phenoxy) is 2. The second-order valence-corrected chi connectivity index (χ2v) is 9.11. The van der Waals surface area contributed by atoms with Gasteiger partial charge >= 0.3 is 0 Å². The summed E-state index contributed by atoms with van der Waals surface area (Å²) in [5.74, 6) is -0.842. The Kier molecular flexibility index (Phi) is 9.76. The Morgan fingerprint density at radius 3 is 2.81 bits per heavy atom. The van der Waals surface area contributed by atoms with Crippen LogP contribution in [0.3, 0.4) is 0 Å². The number of carbonyl (C=O) groups excluding carboxylic acids is 2. The van der Waals surface area contributed by atoms with Crippen molar-refractivity contribution < 1.29 is 29.0 Å². The van der Waals surface area contributed by atoms with Gasteiger partial charge in [-0.05, 0) is 45.4 Å². The van der Waals surface area contributed by atoms with Gasteiger partial charge in [0.1, 0.15) is 6.54 Å². The second-order valence-electron chi connectivity index (χ2n) is 9.11. The van der Waals surface area contributed by atoms with Crippen LogP contribution in [0.4, 0.5) is 0 Å². The van der Waals surface area contributed by atoms with Crippen LogP contribution in [0.5, 0.6) is 0 Å². The van der Waals surface area contributed by atoms with E-state index in [1.165, 1.54) is 0 Å². The molecule has 0 aromatic carbocycles. The van der Waals surface area contributed by atoms with Gasteiger partial charge in [-0.25, -0.2) is 0 Å². The number of hydrogen-bond acceptors (Lipinski definition) is 6. The first-order valence-electron chi connectivity index (χ1n) is 12.3. The van der Waals surface area contributed by atoms with E-state index in [1.54, 1.807) is 37.2 Å². The molecule has 0 spiro atoms. The van der Waals surface area contributed by atoms with Crippen molar-refractivity contribution in [3.8, 4) is 0 Å². The Morgan fingerprint density at radius 1 is 1.38 bits per heavy atom. The van der Waals surface area contributed by atoms with E-state index in [0.717, 1.165) is 15.9 Å². The molecular weight excluding hydrogens is 474 g/mol. The third-order valence-corrected chi connectivity index (χ3v) is 5.97. The number of nitrogens with one attached hydrogen (secondary N) is 1. The maximum absolute atomic E-state index is 12.5. The van der Waals surface area contributed by atoms with Gasteiger partial charge in [-0.15, -0.1) is 0 Å². The number of pyridine rings is 1. The minimum absolute atomic E-state index is 0.119. The summed E-state index contributed by atoms with van der Waals surface area (Å²) >= 11 is 0. The smallest absolute Gasteiger partial charge is 0.256 e. The molecule has 10 nitrogen and oxygen atoms in total. The first kappa shape index (κ1) is 27.8. The van der Waals surface area contributed by atoms with Crippen LogP contribution < -0.4 is 10.0 Å². The molecule has 1 fully saturated rings. The molecule has 2 aromatic rings. The summed E-state index contributed by atoms with van der Waals surface area (Å²) in [5.41, 5.74) is 2.68. The van der Waals surface area contributed by atoms with E-state index in [-0.39, 0.29) is 18.6 Å². The van der Waals surface area contributed by atoms with Crippen molar-refractivity contribution in [3.63, 3.8) is 0 Å². The van der Waals surface area contributed by atoms with E-state index in [2.05, 4.69) is 22.6 Å². The Labute approximate surface area is 217 Å².